The molecule has 0 aliphatic rings. The van der Waals surface area contributed by atoms with E-state index >= 15 is 0 Å². The average molecular weight is 291 g/mol. The molecule has 2 aromatic rings. The highest BCUT2D eigenvalue weighted by molar-refractivity contribution is 5.93. The number of H-pyrrole nitrogens is 1. The van der Waals surface area contributed by atoms with Crippen LogP contribution in [0, 0.1) is 0 Å². The van der Waals surface area contributed by atoms with Gasteiger partial charge in [-0.05, 0) is 32.0 Å². The number of amides is 1. The summed E-state index contributed by atoms with van der Waals surface area (Å²) in [5.41, 5.74) is 2.17. The van der Waals surface area contributed by atoms with Gasteiger partial charge in [0.05, 0.1) is 16.6 Å². The maximum absolute atomic E-state index is 12.1. The number of hydrogen-bond donors (Lipinski definition) is 3. The van der Waals surface area contributed by atoms with Crippen LogP contribution in [-0.4, -0.2) is 26.5 Å². The first-order chi connectivity index (χ1) is 9.66. The molecule has 0 unspecified atom stereocenters. The lowest BCUT2D eigenvalue weighted by molar-refractivity contribution is -0.125. The molecule has 2 rings (SSSR count). The van der Waals surface area contributed by atoms with Crippen LogP contribution < -0.4 is 16.9 Å². The molecule has 0 atom stereocenters. The summed E-state index contributed by atoms with van der Waals surface area (Å²) in [5, 5.41) is 9.02. The van der Waals surface area contributed by atoms with Crippen molar-refractivity contribution in [2.75, 3.05) is 0 Å². The zero-order valence-electron chi connectivity index (χ0n) is 11.3. The van der Waals surface area contributed by atoms with E-state index in [-0.39, 0.29) is 16.6 Å². The fourth-order valence-corrected chi connectivity index (χ4v) is 2.01. The number of rotatable bonds is 3. The summed E-state index contributed by atoms with van der Waals surface area (Å²) >= 11 is 0. The molecule has 1 aromatic carbocycles. The van der Waals surface area contributed by atoms with Gasteiger partial charge in [0.15, 0.2) is 0 Å². The number of primary amides is 1. The van der Waals surface area contributed by atoms with Crippen LogP contribution in [0.3, 0.4) is 0 Å². The molecule has 8 heteroatoms. The molecular weight excluding hydrogens is 278 g/mol. The molecule has 0 radical (unpaired) electrons. The number of aromatic nitrogens is 2. The second-order valence-electron chi connectivity index (χ2n) is 5.06. The van der Waals surface area contributed by atoms with Crippen molar-refractivity contribution in [2.45, 2.75) is 19.4 Å². The number of nitrogens with one attached hydrogen (secondary N) is 1. The Morgan fingerprint density at radius 3 is 2.43 bits per heavy atom. The normalized spacial score (nSPS) is 11.5. The van der Waals surface area contributed by atoms with Crippen molar-refractivity contribution in [2.24, 2.45) is 5.73 Å². The lowest BCUT2D eigenvalue weighted by atomic mass is 10.0. The number of carboxylic acid groups (broad SMARTS) is 1. The maximum Gasteiger partial charge on any atom is 0.335 e. The highest BCUT2D eigenvalue weighted by atomic mass is 16.4. The molecular formula is C13H13N3O5. The number of carboxylic acids is 1. The highest BCUT2D eigenvalue weighted by Crippen LogP contribution is 2.19. The summed E-state index contributed by atoms with van der Waals surface area (Å²) < 4.78 is 0.913. The first-order valence-electron chi connectivity index (χ1n) is 5.99. The third-order valence-corrected chi connectivity index (χ3v) is 3.29. The Balaban J connectivity index is 3.02. The van der Waals surface area contributed by atoms with Gasteiger partial charge in [0.1, 0.15) is 5.54 Å². The van der Waals surface area contributed by atoms with Gasteiger partial charge in [-0.3, -0.25) is 19.0 Å². The molecule has 0 spiro atoms. The van der Waals surface area contributed by atoms with Gasteiger partial charge < -0.3 is 15.8 Å². The van der Waals surface area contributed by atoms with E-state index in [1.54, 1.807) is 0 Å². The summed E-state index contributed by atoms with van der Waals surface area (Å²) in [4.78, 5) is 48.7. The second-order valence-corrected chi connectivity index (χ2v) is 5.06. The number of benzene rings is 1. The van der Waals surface area contributed by atoms with E-state index in [4.69, 9.17) is 10.8 Å². The molecule has 1 aromatic heterocycles. The predicted octanol–water partition coefficient (Wildman–Crippen LogP) is -0.392. The van der Waals surface area contributed by atoms with Gasteiger partial charge in [-0.15, -0.1) is 0 Å². The van der Waals surface area contributed by atoms with Crippen LogP contribution in [0.5, 0.6) is 0 Å². The molecule has 0 aliphatic carbocycles. The van der Waals surface area contributed by atoms with Crippen LogP contribution in [-0.2, 0) is 10.3 Å². The molecule has 8 nitrogen and oxygen atoms in total. The van der Waals surface area contributed by atoms with Crippen molar-refractivity contribution in [3.8, 4) is 0 Å². The average Bonchev–Trinajstić information content (AvgIpc) is 2.38. The van der Waals surface area contributed by atoms with Gasteiger partial charge in [-0.25, -0.2) is 4.79 Å². The highest BCUT2D eigenvalue weighted by Gasteiger charge is 2.31. The molecule has 110 valence electrons. The van der Waals surface area contributed by atoms with Gasteiger partial charge >= 0.3 is 17.1 Å². The smallest absolute Gasteiger partial charge is 0.335 e. The van der Waals surface area contributed by atoms with E-state index in [9.17, 15) is 19.2 Å². The Kier molecular flexibility index (Phi) is 3.17. The molecule has 0 aliphatic heterocycles. The number of carbonyl (C=O) groups is 2. The van der Waals surface area contributed by atoms with E-state index in [2.05, 4.69) is 4.98 Å². The van der Waals surface area contributed by atoms with E-state index in [0.29, 0.717) is 0 Å². The van der Waals surface area contributed by atoms with Crippen molar-refractivity contribution < 1.29 is 14.7 Å². The molecule has 4 N–H and O–H groups in total. The van der Waals surface area contributed by atoms with Gasteiger partial charge in [0.2, 0.25) is 5.91 Å². The summed E-state index contributed by atoms with van der Waals surface area (Å²) in [5.74, 6) is -2.02. The van der Waals surface area contributed by atoms with E-state index in [1.807, 2.05) is 0 Å². The number of nitrogens with two attached hydrogens (primary N) is 1. The van der Waals surface area contributed by atoms with Crippen LogP contribution in [0.25, 0.3) is 11.0 Å². The minimum atomic E-state index is -1.49. The maximum atomic E-state index is 12.1. The fourth-order valence-electron chi connectivity index (χ4n) is 2.01. The largest absolute Gasteiger partial charge is 0.478 e. The third-order valence-electron chi connectivity index (χ3n) is 3.29. The molecule has 1 amide bonds. The van der Waals surface area contributed by atoms with Crippen LogP contribution in [0.2, 0.25) is 0 Å². The summed E-state index contributed by atoms with van der Waals surface area (Å²) in [7, 11) is 0. The molecule has 1 heterocycles. The van der Waals surface area contributed by atoms with Gasteiger partial charge in [0.25, 0.3) is 0 Å². The number of hydrogen-bond acceptors (Lipinski definition) is 4. The van der Waals surface area contributed by atoms with Gasteiger partial charge in [-0.2, -0.15) is 0 Å². The van der Waals surface area contributed by atoms with Crippen LogP contribution >= 0.6 is 0 Å². The van der Waals surface area contributed by atoms with Crippen LogP contribution in [0.15, 0.2) is 27.8 Å². The van der Waals surface area contributed by atoms with E-state index < -0.39 is 28.5 Å². The summed E-state index contributed by atoms with van der Waals surface area (Å²) in [6, 6.07) is 3.85. The van der Waals surface area contributed by atoms with Crippen molar-refractivity contribution >= 4 is 22.9 Å². The third kappa shape index (κ3) is 2.20. The van der Waals surface area contributed by atoms with Crippen molar-refractivity contribution in [3.05, 3.63) is 44.5 Å². The van der Waals surface area contributed by atoms with Crippen molar-refractivity contribution in [1.82, 2.24) is 9.55 Å². The van der Waals surface area contributed by atoms with Crippen LogP contribution in [0.1, 0.15) is 24.2 Å². The lowest BCUT2D eigenvalue weighted by Crippen LogP contribution is -2.50. The molecule has 0 saturated carbocycles. The first kappa shape index (κ1) is 14.5. The zero-order chi connectivity index (χ0) is 15.9. The minimum Gasteiger partial charge on any atom is -0.478 e. The summed E-state index contributed by atoms with van der Waals surface area (Å²) in [6.07, 6.45) is 0. The van der Waals surface area contributed by atoms with Gasteiger partial charge in [-0.1, -0.05) is 0 Å². The molecule has 0 bridgehead atoms. The SMILES string of the molecule is CC(C)(C(N)=O)n1c(=O)c(=O)[nH]c2ccc(C(=O)O)cc21. The predicted molar refractivity (Wildman–Crippen MR) is 74.3 cm³/mol. The number of aromatic carboxylic acids is 1. The first-order valence-corrected chi connectivity index (χ1v) is 5.99. The Labute approximate surface area is 117 Å². The van der Waals surface area contributed by atoms with E-state index in [0.717, 1.165) is 4.57 Å². The Morgan fingerprint density at radius 2 is 1.90 bits per heavy atom. The number of carbonyl (C=O) groups excluding carboxylic acids is 1. The Morgan fingerprint density at radius 1 is 1.29 bits per heavy atom. The summed E-state index contributed by atoms with van der Waals surface area (Å²) in [6.45, 7) is 2.76. The zero-order valence-corrected chi connectivity index (χ0v) is 11.3. The molecule has 0 fully saturated rings. The molecule has 21 heavy (non-hydrogen) atoms. The monoisotopic (exact) mass is 291 g/mol. The Hall–Kier alpha value is -2.90. The number of fused-ring (bicyclic) bond motifs is 1. The number of aromatic amines is 1. The van der Waals surface area contributed by atoms with Crippen molar-refractivity contribution in [1.29, 1.82) is 0 Å². The topological polar surface area (TPSA) is 135 Å². The van der Waals surface area contributed by atoms with E-state index in [1.165, 1.54) is 32.0 Å². The minimum absolute atomic E-state index is 0.0806. The quantitative estimate of drug-likeness (QED) is 0.662. The standard InChI is InChI=1S/C13H13N3O5/c1-13(2,12(14)21)16-8-5-6(11(19)20)3-4-7(8)15-9(17)10(16)18/h3-5H,1-2H3,(H2,14,21)(H,15,17)(H,19,20). The van der Waals surface area contributed by atoms with Crippen molar-refractivity contribution in [3.63, 3.8) is 0 Å². The lowest BCUT2D eigenvalue weighted by Gasteiger charge is -2.25. The molecule has 0 saturated heterocycles. The Bertz CT molecular complexity index is 875. The van der Waals surface area contributed by atoms with Gasteiger partial charge in [0, 0.05) is 0 Å². The second kappa shape index (κ2) is 4.58. The number of nitrogens with zero attached hydrogens (tertiary/aromatic N) is 1. The fraction of sp³-hybridized carbons (Fsp3) is 0.231. The van der Waals surface area contributed by atoms with Crippen LogP contribution in [0.4, 0.5) is 0 Å².